The van der Waals surface area contributed by atoms with Crippen LogP contribution in [0.5, 0.6) is 0 Å². The average Bonchev–Trinajstić information content (AvgIpc) is 3.18. The van der Waals surface area contributed by atoms with Crippen LogP contribution in [0.1, 0.15) is 77.1 Å². The Labute approximate surface area is 192 Å². The van der Waals surface area contributed by atoms with Gasteiger partial charge in [0.1, 0.15) is 5.82 Å². The highest BCUT2D eigenvalue weighted by molar-refractivity contribution is 5.77. The van der Waals surface area contributed by atoms with Gasteiger partial charge in [-0.3, -0.25) is 9.78 Å². The zero-order chi connectivity index (χ0) is 22.9. The van der Waals surface area contributed by atoms with Gasteiger partial charge < -0.3 is 15.5 Å². The summed E-state index contributed by atoms with van der Waals surface area (Å²) in [6, 6.07) is 8.13. The Bertz CT molecular complexity index is 937. The molecule has 0 aromatic carbocycles. The first-order chi connectivity index (χ1) is 15.1. The zero-order valence-corrected chi connectivity index (χ0v) is 20.1. The van der Waals surface area contributed by atoms with Crippen molar-refractivity contribution in [2.24, 2.45) is 5.92 Å². The monoisotopic (exact) mass is 435 g/mol. The molecule has 2 aromatic heterocycles. The maximum absolute atomic E-state index is 13.3. The average molecular weight is 436 g/mol. The number of carbonyl (C=O) groups is 1. The van der Waals surface area contributed by atoms with Gasteiger partial charge in [0.15, 0.2) is 0 Å². The van der Waals surface area contributed by atoms with E-state index < -0.39 is 0 Å². The fourth-order valence-electron chi connectivity index (χ4n) is 5.84. The van der Waals surface area contributed by atoms with Crippen LogP contribution in [0, 0.1) is 12.8 Å². The van der Waals surface area contributed by atoms with Crippen molar-refractivity contribution in [3.05, 3.63) is 47.9 Å². The standard InChI is InChI=1S/C26H37N5O/c1-18-8-6-12-27-24(18)29-20-10-11-21(28-17-20)22-9-7-13-31(22)23(32)14-19-15-25(2,3)30-26(4,5)16-19/h6,8,10-12,17,19,22,30H,7,9,13-16H2,1-5H3,(H,27,29)/t22-/m0/s1. The fourth-order valence-corrected chi connectivity index (χ4v) is 5.84. The van der Waals surface area contributed by atoms with E-state index in [1.807, 2.05) is 37.4 Å². The first kappa shape index (κ1) is 22.7. The van der Waals surface area contributed by atoms with Crippen molar-refractivity contribution >= 4 is 17.4 Å². The van der Waals surface area contributed by atoms with E-state index in [2.05, 4.69) is 48.2 Å². The lowest BCUT2D eigenvalue weighted by atomic mass is 9.74. The number of likely N-dealkylation sites (tertiary alicyclic amines) is 1. The van der Waals surface area contributed by atoms with Crippen molar-refractivity contribution in [2.75, 3.05) is 11.9 Å². The zero-order valence-electron chi connectivity index (χ0n) is 20.1. The van der Waals surface area contributed by atoms with Crippen LogP contribution in [0.2, 0.25) is 0 Å². The van der Waals surface area contributed by atoms with Crippen LogP contribution in [-0.4, -0.2) is 38.4 Å². The van der Waals surface area contributed by atoms with E-state index in [4.69, 9.17) is 4.98 Å². The number of aromatic nitrogens is 2. The first-order valence-corrected chi connectivity index (χ1v) is 11.9. The highest BCUT2D eigenvalue weighted by atomic mass is 16.2. The van der Waals surface area contributed by atoms with E-state index >= 15 is 0 Å². The van der Waals surface area contributed by atoms with Gasteiger partial charge in [-0.15, -0.1) is 0 Å². The number of amides is 1. The number of nitrogens with zero attached hydrogens (tertiary/aromatic N) is 3. The molecule has 0 radical (unpaired) electrons. The minimum Gasteiger partial charge on any atom is -0.339 e. The number of carbonyl (C=O) groups excluding carboxylic acids is 1. The number of piperidine rings is 1. The van der Waals surface area contributed by atoms with Gasteiger partial charge in [0.2, 0.25) is 5.91 Å². The molecule has 2 aromatic rings. The molecule has 6 nitrogen and oxygen atoms in total. The minimum atomic E-state index is 0.0630. The predicted molar refractivity (Wildman–Crippen MR) is 129 cm³/mol. The summed E-state index contributed by atoms with van der Waals surface area (Å²) in [4.78, 5) is 24.5. The third-order valence-corrected chi connectivity index (χ3v) is 6.71. The van der Waals surface area contributed by atoms with Crippen LogP contribution in [-0.2, 0) is 4.79 Å². The largest absolute Gasteiger partial charge is 0.339 e. The summed E-state index contributed by atoms with van der Waals surface area (Å²) in [5.74, 6) is 1.53. The molecule has 2 fully saturated rings. The Morgan fingerprint density at radius 3 is 2.56 bits per heavy atom. The number of pyridine rings is 2. The molecule has 2 N–H and O–H groups in total. The molecule has 2 aliphatic heterocycles. The quantitative estimate of drug-likeness (QED) is 0.681. The summed E-state index contributed by atoms with van der Waals surface area (Å²) in [5, 5.41) is 7.05. The van der Waals surface area contributed by atoms with Crippen LogP contribution >= 0.6 is 0 Å². The van der Waals surface area contributed by atoms with E-state index in [1.54, 1.807) is 6.20 Å². The molecular formula is C26H37N5O. The molecule has 0 unspecified atom stereocenters. The van der Waals surface area contributed by atoms with Crippen LogP contribution in [0.4, 0.5) is 11.5 Å². The van der Waals surface area contributed by atoms with Crippen LogP contribution in [0.25, 0.3) is 0 Å². The van der Waals surface area contributed by atoms with E-state index in [9.17, 15) is 4.79 Å². The Morgan fingerprint density at radius 1 is 1.16 bits per heavy atom. The van der Waals surface area contributed by atoms with Gasteiger partial charge in [0.05, 0.1) is 23.6 Å². The molecule has 4 rings (SSSR count). The molecule has 6 heteroatoms. The molecule has 32 heavy (non-hydrogen) atoms. The molecule has 2 saturated heterocycles. The normalized spacial score (nSPS) is 22.7. The van der Waals surface area contributed by atoms with Gasteiger partial charge in [-0.05, 0) is 90.0 Å². The second-order valence-electron chi connectivity index (χ2n) is 10.9. The lowest BCUT2D eigenvalue weighted by Crippen LogP contribution is -2.58. The van der Waals surface area contributed by atoms with E-state index in [0.29, 0.717) is 12.3 Å². The molecule has 172 valence electrons. The molecular weight excluding hydrogens is 398 g/mol. The summed E-state index contributed by atoms with van der Waals surface area (Å²) in [6.45, 7) is 11.8. The Morgan fingerprint density at radius 2 is 1.91 bits per heavy atom. The molecule has 0 saturated carbocycles. The van der Waals surface area contributed by atoms with Gasteiger partial charge in [0, 0.05) is 30.2 Å². The third-order valence-electron chi connectivity index (χ3n) is 6.71. The summed E-state index contributed by atoms with van der Waals surface area (Å²) >= 11 is 0. The molecule has 0 bridgehead atoms. The first-order valence-electron chi connectivity index (χ1n) is 11.9. The predicted octanol–water partition coefficient (Wildman–Crippen LogP) is 5.14. The van der Waals surface area contributed by atoms with Gasteiger partial charge in [-0.2, -0.15) is 0 Å². The SMILES string of the molecule is Cc1cccnc1Nc1ccc([C@@H]2CCCN2C(=O)CC2CC(C)(C)NC(C)(C)C2)nc1. The number of nitrogens with one attached hydrogen (secondary N) is 2. The van der Waals surface area contributed by atoms with E-state index in [-0.39, 0.29) is 23.0 Å². The summed E-state index contributed by atoms with van der Waals surface area (Å²) < 4.78 is 0. The van der Waals surface area contributed by atoms with Crippen molar-refractivity contribution in [2.45, 2.75) is 83.8 Å². The highest BCUT2D eigenvalue weighted by Gasteiger charge is 2.40. The van der Waals surface area contributed by atoms with E-state index in [0.717, 1.165) is 55.0 Å². The van der Waals surface area contributed by atoms with Crippen molar-refractivity contribution in [1.29, 1.82) is 0 Å². The highest BCUT2D eigenvalue weighted by Crippen LogP contribution is 2.37. The lowest BCUT2D eigenvalue weighted by molar-refractivity contribution is -0.133. The molecule has 1 atom stereocenters. The summed E-state index contributed by atoms with van der Waals surface area (Å²) in [5.41, 5.74) is 3.10. The Hall–Kier alpha value is -2.47. The Kier molecular flexibility index (Phi) is 6.26. The number of aryl methyl sites for hydroxylation is 1. The van der Waals surface area contributed by atoms with Crippen LogP contribution in [0.3, 0.4) is 0 Å². The van der Waals surface area contributed by atoms with Gasteiger partial charge in [0.25, 0.3) is 0 Å². The van der Waals surface area contributed by atoms with Gasteiger partial charge in [-0.25, -0.2) is 4.98 Å². The second-order valence-corrected chi connectivity index (χ2v) is 10.9. The van der Waals surface area contributed by atoms with Crippen molar-refractivity contribution in [3.8, 4) is 0 Å². The number of hydrogen-bond donors (Lipinski definition) is 2. The van der Waals surface area contributed by atoms with E-state index in [1.165, 1.54) is 0 Å². The van der Waals surface area contributed by atoms with Gasteiger partial charge in [-0.1, -0.05) is 6.07 Å². The summed E-state index contributed by atoms with van der Waals surface area (Å²) in [7, 11) is 0. The lowest BCUT2D eigenvalue weighted by Gasteiger charge is -2.46. The maximum Gasteiger partial charge on any atom is 0.223 e. The smallest absolute Gasteiger partial charge is 0.223 e. The Balaban J connectivity index is 1.42. The third kappa shape index (κ3) is 5.29. The van der Waals surface area contributed by atoms with Crippen molar-refractivity contribution in [3.63, 3.8) is 0 Å². The number of anilines is 2. The second kappa shape index (κ2) is 8.81. The molecule has 0 spiro atoms. The van der Waals surface area contributed by atoms with Gasteiger partial charge >= 0.3 is 0 Å². The van der Waals surface area contributed by atoms with Crippen molar-refractivity contribution < 1.29 is 4.79 Å². The summed E-state index contributed by atoms with van der Waals surface area (Å²) in [6.07, 6.45) is 8.34. The topological polar surface area (TPSA) is 70.2 Å². The minimum absolute atomic E-state index is 0.0630. The molecule has 0 aliphatic carbocycles. The van der Waals surface area contributed by atoms with Crippen LogP contribution in [0.15, 0.2) is 36.7 Å². The molecule has 4 heterocycles. The number of hydrogen-bond acceptors (Lipinski definition) is 5. The molecule has 1 amide bonds. The fraction of sp³-hybridized carbons (Fsp3) is 0.577. The molecule has 2 aliphatic rings. The number of rotatable bonds is 5. The van der Waals surface area contributed by atoms with Crippen molar-refractivity contribution in [1.82, 2.24) is 20.2 Å². The maximum atomic E-state index is 13.3. The van der Waals surface area contributed by atoms with Crippen LogP contribution < -0.4 is 10.6 Å².